The maximum atomic E-state index is 11.5. The van der Waals surface area contributed by atoms with Gasteiger partial charge in [0.15, 0.2) is 0 Å². The summed E-state index contributed by atoms with van der Waals surface area (Å²) in [4.78, 5) is 14.1. The Hall–Kier alpha value is -2.33. The van der Waals surface area contributed by atoms with Crippen molar-refractivity contribution in [2.24, 2.45) is 5.92 Å². The minimum absolute atomic E-state index is 0.318. The third-order valence-electron chi connectivity index (χ3n) is 6.72. The van der Waals surface area contributed by atoms with Crippen molar-refractivity contribution in [1.29, 1.82) is 0 Å². The van der Waals surface area contributed by atoms with Gasteiger partial charge in [-0.2, -0.15) is 0 Å². The Bertz CT molecular complexity index is 873. The predicted octanol–water partition coefficient (Wildman–Crippen LogP) is 5.92. The maximum absolute atomic E-state index is 11.5. The third kappa shape index (κ3) is 6.33. The molecule has 1 N–H and O–H groups in total. The molecule has 2 aromatic rings. The lowest BCUT2D eigenvalue weighted by Gasteiger charge is -2.30. The highest BCUT2D eigenvalue weighted by molar-refractivity contribution is 5.88. The van der Waals surface area contributed by atoms with E-state index in [1.165, 1.54) is 56.2 Å². The van der Waals surface area contributed by atoms with Crippen LogP contribution >= 0.6 is 0 Å². The van der Waals surface area contributed by atoms with Gasteiger partial charge in [-0.1, -0.05) is 43.5 Å². The van der Waals surface area contributed by atoms with Gasteiger partial charge in [0.25, 0.3) is 0 Å². The van der Waals surface area contributed by atoms with E-state index in [0.717, 1.165) is 43.2 Å². The first-order valence-corrected chi connectivity index (χ1v) is 12.0. The molecule has 1 heterocycles. The molecule has 1 aliphatic carbocycles. The van der Waals surface area contributed by atoms with Crippen LogP contribution in [0.2, 0.25) is 0 Å². The molecule has 4 nitrogen and oxygen atoms in total. The van der Waals surface area contributed by atoms with Crippen molar-refractivity contribution in [1.82, 2.24) is 4.90 Å². The van der Waals surface area contributed by atoms with Crippen LogP contribution in [0.3, 0.4) is 0 Å². The van der Waals surface area contributed by atoms with Crippen LogP contribution in [0.25, 0.3) is 0 Å². The standard InChI is InChI=1S/C27H35NO3/c29-27(30)24-12-13-26-25(18-24)17-22-10-7-11-23(16-22)20-28(14-5-2-6-15-31-26)19-21-8-3-1-4-9-21/h7,10-13,16,18,21H,1-6,8-9,14-15,17,19-20H2,(H,29,30). The largest absolute Gasteiger partial charge is 0.493 e. The van der Waals surface area contributed by atoms with Crippen LogP contribution in [0.4, 0.5) is 0 Å². The van der Waals surface area contributed by atoms with Crippen molar-refractivity contribution in [2.75, 3.05) is 19.7 Å². The van der Waals surface area contributed by atoms with E-state index in [-0.39, 0.29) is 0 Å². The van der Waals surface area contributed by atoms with Crippen molar-refractivity contribution >= 4 is 5.97 Å². The number of rotatable bonds is 3. The van der Waals surface area contributed by atoms with Crippen molar-refractivity contribution in [3.8, 4) is 5.75 Å². The first-order valence-electron chi connectivity index (χ1n) is 12.0. The molecule has 0 radical (unpaired) electrons. The van der Waals surface area contributed by atoms with Crippen LogP contribution in [0.1, 0.15) is 78.4 Å². The number of carboxylic acids is 1. The first kappa shape index (κ1) is 21.9. The zero-order chi connectivity index (χ0) is 21.5. The van der Waals surface area contributed by atoms with Crippen LogP contribution in [0.5, 0.6) is 5.75 Å². The summed E-state index contributed by atoms with van der Waals surface area (Å²) in [7, 11) is 0. The summed E-state index contributed by atoms with van der Waals surface area (Å²) in [6, 6.07) is 14.0. The number of fused-ring (bicyclic) bond motifs is 3. The fourth-order valence-electron chi connectivity index (χ4n) is 5.07. The molecule has 4 rings (SSSR count). The maximum Gasteiger partial charge on any atom is 0.335 e. The summed E-state index contributed by atoms with van der Waals surface area (Å²) >= 11 is 0. The Kier molecular flexibility index (Phi) is 7.63. The smallest absolute Gasteiger partial charge is 0.335 e. The molecule has 0 spiro atoms. The summed E-state index contributed by atoms with van der Waals surface area (Å²) in [5.74, 6) is 0.765. The fourth-order valence-corrected chi connectivity index (χ4v) is 5.07. The lowest BCUT2D eigenvalue weighted by molar-refractivity contribution is 0.0696. The zero-order valence-electron chi connectivity index (χ0n) is 18.5. The quantitative estimate of drug-likeness (QED) is 0.668. The van der Waals surface area contributed by atoms with E-state index in [9.17, 15) is 9.90 Å². The molecule has 2 aliphatic rings. The van der Waals surface area contributed by atoms with E-state index in [1.54, 1.807) is 12.1 Å². The minimum atomic E-state index is -0.894. The van der Waals surface area contributed by atoms with Gasteiger partial charge < -0.3 is 9.84 Å². The average Bonchev–Trinajstić information content (AvgIpc) is 2.77. The second kappa shape index (κ2) is 10.8. The molecule has 0 saturated heterocycles. The van der Waals surface area contributed by atoms with Crippen molar-refractivity contribution < 1.29 is 14.6 Å². The highest BCUT2D eigenvalue weighted by Gasteiger charge is 2.18. The SMILES string of the molecule is O=C(O)c1ccc2c(c1)Cc1cccc(c1)CN(CC1CCCCC1)CCCCCO2. The van der Waals surface area contributed by atoms with Crippen molar-refractivity contribution in [3.05, 3.63) is 64.7 Å². The summed E-state index contributed by atoms with van der Waals surface area (Å²) in [5, 5.41) is 9.42. The third-order valence-corrected chi connectivity index (χ3v) is 6.72. The topological polar surface area (TPSA) is 49.8 Å². The molecule has 0 amide bonds. The van der Waals surface area contributed by atoms with Gasteiger partial charge in [0.2, 0.25) is 0 Å². The molecule has 0 aromatic heterocycles. The second-order valence-corrected chi connectivity index (χ2v) is 9.27. The molecule has 0 unspecified atom stereocenters. The van der Waals surface area contributed by atoms with Crippen LogP contribution in [0.15, 0.2) is 42.5 Å². The van der Waals surface area contributed by atoms with E-state index in [1.807, 2.05) is 6.07 Å². The Morgan fingerprint density at radius 1 is 0.968 bits per heavy atom. The van der Waals surface area contributed by atoms with Gasteiger partial charge in [0.05, 0.1) is 12.2 Å². The molecule has 4 heteroatoms. The number of hydrogen-bond acceptors (Lipinski definition) is 3. The summed E-state index contributed by atoms with van der Waals surface area (Å²) in [6.45, 7) is 4.05. The van der Waals surface area contributed by atoms with E-state index in [4.69, 9.17) is 4.74 Å². The number of nitrogens with zero attached hydrogens (tertiary/aromatic N) is 1. The molecular weight excluding hydrogens is 386 g/mol. The number of carbonyl (C=O) groups is 1. The average molecular weight is 422 g/mol. The number of ether oxygens (including phenoxy) is 1. The highest BCUT2D eigenvalue weighted by atomic mass is 16.5. The van der Waals surface area contributed by atoms with Crippen LogP contribution in [-0.4, -0.2) is 35.7 Å². The first-order chi connectivity index (χ1) is 15.2. The molecule has 1 saturated carbocycles. The van der Waals surface area contributed by atoms with Crippen molar-refractivity contribution in [2.45, 2.75) is 64.3 Å². The lowest BCUT2D eigenvalue weighted by atomic mass is 9.88. The van der Waals surface area contributed by atoms with Gasteiger partial charge in [-0.3, -0.25) is 4.90 Å². The lowest BCUT2D eigenvalue weighted by Crippen LogP contribution is -2.31. The van der Waals surface area contributed by atoms with E-state index in [0.29, 0.717) is 18.6 Å². The Labute approximate surface area is 186 Å². The van der Waals surface area contributed by atoms with Gasteiger partial charge in [-0.15, -0.1) is 0 Å². The summed E-state index contributed by atoms with van der Waals surface area (Å²) in [6.07, 6.45) is 11.0. The number of carboxylic acid groups (broad SMARTS) is 1. The summed E-state index contributed by atoms with van der Waals surface area (Å²) < 4.78 is 6.08. The Morgan fingerprint density at radius 2 is 1.77 bits per heavy atom. The minimum Gasteiger partial charge on any atom is -0.493 e. The van der Waals surface area contributed by atoms with E-state index in [2.05, 4.69) is 29.2 Å². The molecule has 166 valence electrons. The van der Waals surface area contributed by atoms with Gasteiger partial charge in [-0.25, -0.2) is 4.79 Å². The molecule has 2 bridgehead atoms. The molecule has 2 aromatic carbocycles. The van der Waals surface area contributed by atoms with Gasteiger partial charge in [-0.05, 0) is 79.5 Å². The number of benzene rings is 2. The predicted molar refractivity (Wildman–Crippen MR) is 124 cm³/mol. The van der Waals surface area contributed by atoms with Crippen LogP contribution < -0.4 is 4.74 Å². The fraction of sp³-hybridized carbons (Fsp3) is 0.519. The Morgan fingerprint density at radius 3 is 2.61 bits per heavy atom. The summed E-state index contributed by atoms with van der Waals surface area (Å²) in [5.41, 5.74) is 3.83. The van der Waals surface area contributed by atoms with Gasteiger partial charge in [0.1, 0.15) is 5.75 Å². The second-order valence-electron chi connectivity index (χ2n) is 9.27. The molecular formula is C27H35NO3. The zero-order valence-corrected chi connectivity index (χ0v) is 18.5. The number of aromatic carboxylic acids is 1. The van der Waals surface area contributed by atoms with E-state index >= 15 is 0 Å². The Balaban J connectivity index is 1.55. The normalized spacial score (nSPS) is 19.1. The monoisotopic (exact) mass is 421 g/mol. The van der Waals surface area contributed by atoms with Gasteiger partial charge >= 0.3 is 5.97 Å². The highest BCUT2D eigenvalue weighted by Crippen LogP contribution is 2.27. The van der Waals surface area contributed by atoms with Gasteiger partial charge in [0, 0.05) is 19.5 Å². The molecule has 1 fully saturated rings. The number of hydrogen-bond donors (Lipinski definition) is 1. The molecule has 0 atom stereocenters. The van der Waals surface area contributed by atoms with E-state index < -0.39 is 5.97 Å². The molecule has 31 heavy (non-hydrogen) atoms. The van der Waals surface area contributed by atoms with Crippen LogP contribution in [0, 0.1) is 5.92 Å². The van der Waals surface area contributed by atoms with Crippen molar-refractivity contribution in [3.63, 3.8) is 0 Å². The van der Waals surface area contributed by atoms with Crippen LogP contribution in [-0.2, 0) is 13.0 Å². The molecule has 1 aliphatic heterocycles.